The fraction of sp³-hybridized carbons (Fsp3) is 0.750. The molecule has 0 aliphatic heterocycles. The van der Waals surface area contributed by atoms with Crippen molar-refractivity contribution in [3.63, 3.8) is 0 Å². The predicted molar refractivity (Wildman–Crippen MR) is 79.8 cm³/mol. The van der Waals surface area contributed by atoms with Gasteiger partial charge in [-0.1, -0.05) is 13.8 Å². The molecule has 0 aliphatic carbocycles. The number of aliphatic hydroxyl groups excluding tert-OH is 1. The molecule has 0 aromatic rings. The van der Waals surface area contributed by atoms with Crippen LogP contribution in [0.2, 0.25) is 0 Å². The third-order valence-corrected chi connectivity index (χ3v) is 3.22. The Morgan fingerprint density at radius 3 is 1.90 bits per heavy atom. The second-order valence-corrected chi connectivity index (χ2v) is 5.45. The van der Waals surface area contributed by atoms with Gasteiger partial charge in [-0.25, -0.2) is 4.79 Å². The van der Waals surface area contributed by atoms with Crippen LogP contribution in [0.25, 0.3) is 0 Å². The molecule has 0 saturated heterocycles. The Morgan fingerprint density at radius 1 is 1.10 bits per heavy atom. The average Bonchev–Trinajstić information content (AvgIpc) is 2.39. The van der Waals surface area contributed by atoms with Crippen molar-refractivity contribution in [2.24, 2.45) is 11.7 Å². The summed E-state index contributed by atoms with van der Waals surface area (Å²) in [4.78, 5) is 34.7. The van der Waals surface area contributed by atoms with Crippen molar-refractivity contribution in [3.05, 3.63) is 0 Å². The molecular weight excluding hydrogens is 298 g/mol. The van der Waals surface area contributed by atoms with Gasteiger partial charge in [0.25, 0.3) is 0 Å². The number of carbonyl (C=O) groups excluding carboxylic acids is 2. The molecule has 0 rings (SSSR count). The highest BCUT2D eigenvalue weighted by molar-refractivity contribution is 7.80. The van der Waals surface area contributed by atoms with E-state index in [2.05, 4.69) is 23.3 Å². The van der Waals surface area contributed by atoms with Crippen LogP contribution in [0.5, 0.6) is 0 Å². The maximum atomic E-state index is 12.0. The van der Waals surface area contributed by atoms with Crippen LogP contribution in [0.15, 0.2) is 0 Å². The molecule has 21 heavy (non-hydrogen) atoms. The van der Waals surface area contributed by atoms with Gasteiger partial charge in [-0.2, -0.15) is 12.6 Å². The number of hydrogen-bond acceptors (Lipinski definition) is 6. The van der Waals surface area contributed by atoms with Gasteiger partial charge in [0.05, 0.1) is 12.1 Å². The summed E-state index contributed by atoms with van der Waals surface area (Å²) in [6.07, 6.45) is -1.21. The molecule has 0 aromatic heterocycles. The molecular formula is C12H23N3O5S. The standard InChI is InChI=1S/C12H23N3O5S/c1-5(2)8(12(19)20)14-11(18)9(6(3)16)15-10(17)7(13)4-21/h5-9,16,21H,4,13H2,1-3H3,(H,14,18)(H,15,17)(H,19,20)/t6-,7+,8+,9+/m1/s1. The Morgan fingerprint density at radius 2 is 1.57 bits per heavy atom. The number of nitrogens with two attached hydrogens (primary N) is 1. The minimum Gasteiger partial charge on any atom is -0.480 e. The zero-order chi connectivity index (χ0) is 16.7. The zero-order valence-electron chi connectivity index (χ0n) is 12.2. The normalized spacial score (nSPS) is 16.7. The lowest BCUT2D eigenvalue weighted by Crippen LogP contribution is -2.59. The molecule has 0 saturated carbocycles. The molecule has 0 radical (unpaired) electrons. The average molecular weight is 321 g/mol. The summed E-state index contributed by atoms with van der Waals surface area (Å²) in [5.74, 6) is -2.91. The van der Waals surface area contributed by atoms with Gasteiger partial charge in [0.1, 0.15) is 12.1 Å². The van der Waals surface area contributed by atoms with Crippen molar-refractivity contribution in [2.45, 2.75) is 45.0 Å². The molecule has 0 aliphatic rings. The Hall–Kier alpha value is -1.32. The van der Waals surface area contributed by atoms with Crippen LogP contribution in [-0.4, -0.2) is 58.0 Å². The van der Waals surface area contributed by atoms with Gasteiger partial charge in [-0.05, 0) is 12.8 Å². The van der Waals surface area contributed by atoms with E-state index in [0.717, 1.165) is 0 Å². The Balaban J connectivity index is 4.92. The zero-order valence-corrected chi connectivity index (χ0v) is 13.1. The molecule has 9 heteroatoms. The van der Waals surface area contributed by atoms with E-state index in [1.54, 1.807) is 13.8 Å². The first-order chi connectivity index (χ1) is 9.61. The van der Waals surface area contributed by atoms with Crippen molar-refractivity contribution in [1.29, 1.82) is 0 Å². The lowest BCUT2D eigenvalue weighted by atomic mass is 10.0. The fourth-order valence-corrected chi connectivity index (χ4v) is 1.67. The fourth-order valence-electron chi connectivity index (χ4n) is 1.51. The molecule has 4 atom stereocenters. The molecule has 122 valence electrons. The lowest BCUT2D eigenvalue weighted by Gasteiger charge is -2.25. The summed E-state index contributed by atoms with van der Waals surface area (Å²) in [5.41, 5.74) is 5.47. The number of thiol groups is 1. The number of carboxylic acid groups (broad SMARTS) is 1. The summed E-state index contributed by atoms with van der Waals surface area (Å²) in [5, 5.41) is 23.2. The number of nitrogens with one attached hydrogen (secondary N) is 2. The van der Waals surface area contributed by atoms with Crippen LogP contribution in [0.3, 0.4) is 0 Å². The van der Waals surface area contributed by atoms with Gasteiger partial charge in [-0.15, -0.1) is 0 Å². The smallest absolute Gasteiger partial charge is 0.326 e. The largest absolute Gasteiger partial charge is 0.480 e. The minimum absolute atomic E-state index is 0.0731. The van der Waals surface area contributed by atoms with Crippen LogP contribution < -0.4 is 16.4 Å². The van der Waals surface area contributed by atoms with Crippen molar-refractivity contribution < 1.29 is 24.6 Å². The minimum atomic E-state index is -1.29. The number of hydrogen-bond donors (Lipinski definition) is 6. The first kappa shape index (κ1) is 19.7. The Kier molecular flexibility index (Phi) is 8.30. The van der Waals surface area contributed by atoms with Crippen LogP contribution in [0, 0.1) is 5.92 Å². The molecule has 6 N–H and O–H groups in total. The van der Waals surface area contributed by atoms with Crippen LogP contribution >= 0.6 is 12.6 Å². The molecule has 0 bridgehead atoms. The molecule has 8 nitrogen and oxygen atoms in total. The quantitative estimate of drug-likeness (QED) is 0.295. The molecule has 0 fully saturated rings. The van der Waals surface area contributed by atoms with Crippen molar-refractivity contribution >= 4 is 30.4 Å². The third kappa shape index (κ3) is 6.32. The van der Waals surface area contributed by atoms with E-state index in [-0.39, 0.29) is 11.7 Å². The summed E-state index contributed by atoms with van der Waals surface area (Å²) in [6.45, 7) is 4.57. The Labute approximate surface area is 128 Å². The van der Waals surface area contributed by atoms with Gasteiger partial charge >= 0.3 is 5.97 Å². The number of aliphatic hydroxyl groups is 1. The van der Waals surface area contributed by atoms with E-state index in [0.29, 0.717) is 0 Å². The van der Waals surface area contributed by atoms with Crippen LogP contribution in [0.4, 0.5) is 0 Å². The van der Waals surface area contributed by atoms with Crippen LogP contribution in [0.1, 0.15) is 20.8 Å². The number of rotatable bonds is 8. The number of carbonyl (C=O) groups is 3. The number of aliphatic carboxylic acids is 1. The molecule has 0 spiro atoms. The topological polar surface area (TPSA) is 142 Å². The van der Waals surface area contributed by atoms with E-state index < -0.39 is 42.0 Å². The van der Waals surface area contributed by atoms with E-state index in [4.69, 9.17) is 10.8 Å². The van der Waals surface area contributed by atoms with Gasteiger partial charge in [0.2, 0.25) is 11.8 Å². The summed E-state index contributed by atoms with van der Waals surface area (Å²) in [7, 11) is 0. The highest BCUT2D eigenvalue weighted by atomic mass is 32.1. The summed E-state index contributed by atoms with van der Waals surface area (Å²) in [6, 6.07) is -3.33. The molecule has 2 amide bonds. The summed E-state index contributed by atoms with van der Waals surface area (Å²) < 4.78 is 0. The molecule has 0 heterocycles. The summed E-state index contributed by atoms with van der Waals surface area (Å²) >= 11 is 3.86. The highest BCUT2D eigenvalue weighted by Gasteiger charge is 2.31. The first-order valence-corrected chi connectivity index (χ1v) is 7.13. The highest BCUT2D eigenvalue weighted by Crippen LogP contribution is 2.04. The van der Waals surface area contributed by atoms with Gasteiger partial charge < -0.3 is 26.6 Å². The van der Waals surface area contributed by atoms with Gasteiger partial charge in [-0.3, -0.25) is 9.59 Å². The van der Waals surface area contributed by atoms with Gasteiger partial charge in [0.15, 0.2) is 0 Å². The molecule has 0 aromatic carbocycles. The third-order valence-electron chi connectivity index (χ3n) is 2.83. The first-order valence-electron chi connectivity index (χ1n) is 6.49. The van der Waals surface area contributed by atoms with Crippen molar-refractivity contribution in [3.8, 4) is 0 Å². The second-order valence-electron chi connectivity index (χ2n) is 5.08. The Bertz CT molecular complexity index is 389. The van der Waals surface area contributed by atoms with E-state index in [1.807, 2.05) is 0 Å². The number of carboxylic acids is 1. The maximum Gasteiger partial charge on any atom is 0.326 e. The van der Waals surface area contributed by atoms with E-state index in [1.165, 1.54) is 6.92 Å². The SMILES string of the molecule is CC(C)[C@H](NC(=O)[C@@H](NC(=O)[C@@H](N)CS)[C@@H](C)O)C(=O)O. The number of amides is 2. The lowest BCUT2D eigenvalue weighted by molar-refractivity contribution is -0.144. The van der Waals surface area contributed by atoms with E-state index >= 15 is 0 Å². The molecule has 0 unspecified atom stereocenters. The monoisotopic (exact) mass is 321 g/mol. The second kappa shape index (κ2) is 8.85. The van der Waals surface area contributed by atoms with Crippen LogP contribution in [-0.2, 0) is 14.4 Å². The van der Waals surface area contributed by atoms with Crippen molar-refractivity contribution in [2.75, 3.05) is 5.75 Å². The predicted octanol–water partition coefficient (Wildman–Crippen LogP) is -1.67. The van der Waals surface area contributed by atoms with E-state index in [9.17, 15) is 19.5 Å². The van der Waals surface area contributed by atoms with Crippen molar-refractivity contribution in [1.82, 2.24) is 10.6 Å². The van der Waals surface area contributed by atoms with Gasteiger partial charge in [0, 0.05) is 5.75 Å². The maximum absolute atomic E-state index is 12.0.